The predicted molar refractivity (Wildman–Crippen MR) is 83.0 cm³/mol. The molecule has 3 heteroatoms. The smallest absolute Gasteiger partial charge is 0.226 e. The molecule has 3 nitrogen and oxygen atoms in total. The van der Waals surface area contributed by atoms with Crippen LogP contribution in [0.3, 0.4) is 0 Å². The number of hydrogen-bond acceptors (Lipinski definition) is 1. The monoisotopic (exact) mass is 291 g/mol. The number of likely N-dealkylation sites (tertiary alicyclic amines) is 1. The summed E-state index contributed by atoms with van der Waals surface area (Å²) in [5.41, 5.74) is 0.0414. The maximum Gasteiger partial charge on any atom is 0.226 e. The molecular weight excluding hydrogens is 260 g/mol. The third kappa shape index (κ3) is 2.42. The van der Waals surface area contributed by atoms with Gasteiger partial charge in [0, 0.05) is 18.3 Å². The zero-order valence-corrected chi connectivity index (χ0v) is 13.5. The second kappa shape index (κ2) is 5.26. The van der Waals surface area contributed by atoms with E-state index < -0.39 is 0 Å². The van der Waals surface area contributed by atoms with E-state index >= 15 is 0 Å². The second-order valence-electron chi connectivity index (χ2n) is 8.51. The third-order valence-corrected chi connectivity index (χ3v) is 7.11. The Kier molecular flexibility index (Phi) is 3.52. The fraction of sp³-hybridized carbons (Fsp3) is 0.944. The Morgan fingerprint density at radius 2 is 1.76 bits per heavy atom. The maximum absolute atomic E-state index is 12.9. The molecule has 1 amide bonds. The van der Waals surface area contributed by atoms with E-state index in [1.807, 2.05) is 0 Å². The summed E-state index contributed by atoms with van der Waals surface area (Å²) >= 11 is 0. The van der Waals surface area contributed by atoms with E-state index in [0.29, 0.717) is 11.9 Å². The lowest BCUT2D eigenvalue weighted by molar-refractivity contribution is -0.909. The van der Waals surface area contributed by atoms with Crippen LogP contribution >= 0.6 is 0 Å². The number of carbonyl (C=O) groups excluding carboxylic acids is 1. The highest BCUT2D eigenvalue weighted by Gasteiger charge is 2.54. The van der Waals surface area contributed by atoms with E-state index in [2.05, 4.69) is 12.2 Å². The van der Waals surface area contributed by atoms with E-state index in [1.165, 1.54) is 64.5 Å². The molecule has 4 saturated carbocycles. The number of hydrogen-bond donors (Lipinski definition) is 2. The summed E-state index contributed by atoms with van der Waals surface area (Å²) in [6, 6.07) is 0.674. The molecule has 1 unspecified atom stereocenters. The van der Waals surface area contributed by atoms with E-state index in [4.69, 9.17) is 0 Å². The van der Waals surface area contributed by atoms with Gasteiger partial charge in [0.25, 0.3) is 0 Å². The molecule has 2 N–H and O–H groups in total. The van der Waals surface area contributed by atoms with E-state index in [9.17, 15) is 4.79 Å². The number of quaternary nitrogens is 1. The Balaban J connectivity index is 1.39. The minimum atomic E-state index is 0.0414. The highest BCUT2D eigenvalue weighted by atomic mass is 16.2. The first-order valence-corrected chi connectivity index (χ1v) is 9.31. The summed E-state index contributed by atoms with van der Waals surface area (Å²) in [5, 5.41) is 3.39. The minimum Gasteiger partial charge on any atom is -0.350 e. The van der Waals surface area contributed by atoms with Crippen LogP contribution in [0.4, 0.5) is 0 Å². The summed E-state index contributed by atoms with van der Waals surface area (Å²) in [7, 11) is 0. The first kappa shape index (κ1) is 14.0. The van der Waals surface area contributed by atoms with Crippen molar-refractivity contribution >= 4 is 5.91 Å². The first-order chi connectivity index (χ1) is 10.2. The molecule has 0 spiro atoms. The van der Waals surface area contributed by atoms with Crippen molar-refractivity contribution in [3.63, 3.8) is 0 Å². The molecule has 0 aromatic rings. The van der Waals surface area contributed by atoms with Gasteiger partial charge < -0.3 is 10.2 Å². The van der Waals surface area contributed by atoms with Crippen LogP contribution in [0.1, 0.15) is 58.3 Å². The molecule has 118 valence electrons. The molecule has 0 aromatic heterocycles. The van der Waals surface area contributed by atoms with Gasteiger partial charge in [-0.3, -0.25) is 4.79 Å². The summed E-state index contributed by atoms with van der Waals surface area (Å²) in [6.07, 6.45) is 10.5. The van der Waals surface area contributed by atoms with Crippen molar-refractivity contribution in [3.05, 3.63) is 0 Å². The third-order valence-electron chi connectivity index (χ3n) is 7.11. The van der Waals surface area contributed by atoms with Crippen LogP contribution in [0.5, 0.6) is 0 Å². The number of nitrogens with one attached hydrogen (secondary N) is 2. The van der Waals surface area contributed by atoms with Gasteiger partial charge in [0.15, 0.2) is 0 Å². The van der Waals surface area contributed by atoms with Gasteiger partial charge in [-0.2, -0.15) is 0 Å². The predicted octanol–water partition coefficient (Wildman–Crippen LogP) is 1.39. The molecule has 2 atom stereocenters. The van der Waals surface area contributed by atoms with Crippen molar-refractivity contribution in [2.75, 3.05) is 19.6 Å². The minimum absolute atomic E-state index is 0.0414. The fourth-order valence-electron chi connectivity index (χ4n) is 6.49. The lowest BCUT2D eigenvalue weighted by Crippen LogP contribution is -3.14. The second-order valence-corrected chi connectivity index (χ2v) is 8.51. The van der Waals surface area contributed by atoms with Crippen LogP contribution in [-0.2, 0) is 4.79 Å². The number of carbonyl (C=O) groups is 1. The zero-order valence-electron chi connectivity index (χ0n) is 13.5. The normalized spacial score (nSPS) is 47.8. The van der Waals surface area contributed by atoms with E-state index in [1.54, 1.807) is 4.90 Å². The van der Waals surface area contributed by atoms with Gasteiger partial charge in [-0.05, 0) is 63.2 Å². The lowest BCUT2D eigenvalue weighted by Gasteiger charge is -2.55. The molecule has 0 aromatic carbocycles. The van der Waals surface area contributed by atoms with Gasteiger partial charge >= 0.3 is 0 Å². The van der Waals surface area contributed by atoms with Crippen LogP contribution in [0.2, 0.25) is 0 Å². The summed E-state index contributed by atoms with van der Waals surface area (Å²) in [6.45, 7) is 5.70. The fourth-order valence-corrected chi connectivity index (χ4v) is 6.49. The summed E-state index contributed by atoms with van der Waals surface area (Å²) in [4.78, 5) is 14.6. The van der Waals surface area contributed by atoms with Crippen LogP contribution < -0.4 is 10.2 Å². The Morgan fingerprint density at radius 1 is 1.14 bits per heavy atom. The molecule has 5 rings (SSSR count). The largest absolute Gasteiger partial charge is 0.350 e. The Morgan fingerprint density at radius 3 is 2.33 bits per heavy atom. The van der Waals surface area contributed by atoms with E-state index in [0.717, 1.165) is 24.3 Å². The SMILES string of the molecule is CC[NH+]1CCC[C@H]1CNC(=O)C12CC3CC(CC(C3)C1)C2. The molecule has 0 radical (unpaired) electrons. The lowest BCUT2D eigenvalue weighted by atomic mass is 9.49. The van der Waals surface area contributed by atoms with Crippen molar-refractivity contribution < 1.29 is 9.69 Å². The van der Waals surface area contributed by atoms with Crippen LogP contribution in [0.25, 0.3) is 0 Å². The topological polar surface area (TPSA) is 33.5 Å². The van der Waals surface area contributed by atoms with Crippen LogP contribution in [0.15, 0.2) is 0 Å². The van der Waals surface area contributed by atoms with Crippen molar-refractivity contribution in [3.8, 4) is 0 Å². The van der Waals surface area contributed by atoms with Gasteiger partial charge in [0.05, 0.1) is 19.6 Å². The van der Waals surface area contributed by atoms with Crippen molar-refractivity contribution in [1.29, 1.82) is 0 Å². The molecule has 5 aliphatic rings. The Labute approximate surface area is 128 Å². The zero-order chi connectivity index (χ0) is 14.4. The average Bonchev–Trinajstić information content (AvgIpc) is 2.90. The van der Waals surface area contributed by atoms with Gasteiger partial charge in [-0.15, -0.1) is 0 Å². The molecule has 5 fully saturated rings. The van der Waals surface area contributed by atoms with E-state index in [-0.39, 0.29) is 5.41 Å². The highest BCUT2D eigenvalue weighted by Crippen LogP contribution is 2.60. The molecule has 21 heavy (non-hydrogen) atoms. The molecule has 1 aliphatic heterocycles. The number of amides is 1. The van der Waals surface area contributed by atoms with Gasteiger partial charge in [-0.25, -0.2) is 0 Å². The molecule has 4 aliphatic carbocycles. The quantitative estimate of drug-likeness (QED) is 0.806. The standard InChI is InChI=1S/C18H30N2O/c1-2-20-5-3-4-16(20)12-19-17(21)18-9-13-6-14(10-18)8-15(7-13)11-18/h13-16H,2-12H2,1H3,(H,19,21)/p+1/t13?,14?,15?,16-,18?/m0/s1. The number of likely N-dealkylation sites (N-methyl/N-ethyl adjacent to an activating group) is 1. The van der Waals surface area contributed by atoms with Crippen molar-refractivity contribution in [2.45, 2.75) is 64.3 Å². The molecule has 4 bridgehead atoms. The van der Waals surface area contributed by atoms with Crippen molar-refractivity contribution in [1.82, 2.24) is 5.32 Å². The highest BCUT2D eigenvalue weighted by molar-refractivity contribution is 5.83. The van der Waals surface area contributed by atoms with Crippen LogP contribution in [0, 0.1) is 23.2 Å². The summed E-state index contributed by atoms with van der Waals surface area (Å²) in [5.74, 6) is 3.02. The first-order valence-electron chi connectivity index (χ1n) is 9.31. The maximum atomic E-state index is 12.9. The average molecular weight is 291 g/mol. The molecular formula is C18H31N2O+. The Hall–Kier alpha value is -0.570. The Bertz CT molecular complexity index is 384. The van der Waals surface area contributed by atoms with Gasteiger partial charge in [0.2, 0.25) is 5.91 Å². The van der Waals surface area contributed by atoms with Gasteiger partial charge in [0.1, 0.15) is 6.04 Å². The number of rotatable bonds is 4. The summed E-state index contributed by atoms with van der Waals surface area (Å²) < 4.78 is 0. The van der Waals surface area contributed by atoms with Gasteiger partial charge in [-0.1, -0.05) is 0 Å². The van der Waals surface area contributed by atoms with Crippen LogP contribution in [-0.4, -0.2) is 31.6 Å². The molecule has 1 heterocycles. The molecule has 1 saturated heterocycles. The van der Waals surface area contributed by atoms with Crippen molar-refractivity contribution in [2.24, 2.45) is 23.2 Å².